The molecule has 0 radical (unpaired) electrons. The zero-order chi connectivity index (χ0) is 11.2. The van der Waals surface area contributed by atoms with Crippen LogP contribution in [0.3, 0.4) is 0 Å². The number of nitrogens with zero attached hydrogens (tertiary/aromatic N) is 2. The Morgan fingerprint density at radius 2 is 2.12 bits per heavy atom. The topological polar surface area (TPSA) is 52.0 Å². The van der Waals surface area contributed by atoms with Crippen molar-refractivity contribution in [2.75, 3.05) is 11.5 Å². The standard InChI is InChI=1S/C11H16N2O2S/c14-16(15)6-5-9(7-16)13-8-12-10-3-1-2-4-11(10)13/h8-9H,1-7H2. The average molecular weight is 240 g/mol. The van der Waals surface area contributed by atoms with Crippen molar-refractivity contribution in [1.82, 2.24) is 9.55 Å². The van der Waals surface area contributed by atoms with Crippen LogP contribution >= 0.6 is 0 Å². The van der Waals surface area contributed by atoms with Crippen molar-refractivity contribution in [3.63, 3.8) is 0 Å². The van der Waals surface area contributed by atoms with Crippen LogP contribution in [-0.2, 0) is 22.7 Å². The van der Waals surface area contributed by atoms with Gasteiger partial charge in [-0.1, -0.05) is 0 Å². The first-order valence-corrected chi connectivity index (χ1v) is 7.73. The summed E-state index contributed by atoms with van der Waals surface area (Å²) in [6, 6.07) is 0.138. The molecule has 4 nitrogen and oxygen atoms in total. The van der Waals surface area contributed by atoms with Gasteiger partial charge in [-0.3, -0.25) is 0 Å². The quantitative estimate of drug-likeness (QED) is 0.739. The fraction of sp³-hybridized carbons (Fsp3) is 0.727. The van der Waals surface area contributed by atoms with Crippen LogP contribution < -0.4 is 0 Å². The van der Waals surface area contributed by atoms with Crippen molar-refractivity contribution in [1.29, 1.82) is 0 Å². The molecule has 16 heavy (non-hydrogen) atoms. The first-order chi connectivity index (χ1) is 7.66. The van der Waals surface area contributed by atoms with Gasteiger partial charge in [0.2, 0.25) is 0 Å². The molecule has 88 valence electrons. The largest absolute Gasteiger partial charge is 0.330 e. The first-order valence-electron chi connectivity index (χ1n) is 5.91. The fourth-order valence-electron chi connectivity index (χ4n) is 2.80. The second-order valence-electron chi connectivity index (χ2n) is 4.81. The van der Waals surface area contributed by atoms with Gasteiger partial charge in [0.15, 0.2) is 9.84 Å². The predicted octanol–water partition coefficient (Wildman–Crippen LogP) is 1.12. The number of sulfone groups is 1. The van der Waals surface area contributed by atoms with E-state index in [1.165, 1.54) is 24.2 Å². The van der Waals surface area contributed by atoms with E-state index in [0.717, 1.165) is 19.3 Å². The SMILES string of the molecule is O=S1(=O)CCC(n2cnc3c2CCCC3)C1. The van der Waals surface area contributed by atoms with Crippen molar-refractivity contribution in [2.45, 2.75) is 38.1 Å². The van der Waals surface area contributed by atoms with Gasteiger partial charge in [0.05, 0.1) is 23.5 Å². The summed E-state index contributed by atoms with van der Waals surface area (Å²) in [5.74, 6) is 0.639. The Morgan fingerprint density at radius 1 is 1.31 bits per heavy atom. The number of hydrogen-bond donors (Lipinski definition) is 0. The second kappa shape index (κ2) is 3.58. The van der Waals surface area contributed by atoms with Gasteiger partial charge >= 0.3 is 0 Å². The van der Waals surface area contributed by atoms with Crippen LogP contribution in [0.2, 0.25) is 0 Å². The van der Waals surface area contributed by atoms with Gasteiger partial charge in [0, 0.05) is 11.7 Å². The van der Waals surface area contributed by atoms with Gasteiger partial charge in [0.25, 0.3) is 0 Å². The van der Waals surface area contributed by atoms with Crippen molar-refractivity contribution >= 4 is 9.84 Å². The Hall–Kier alpha value is -0.840. The number of fused-ring (bicyclic) bond motifs is 1. The highest BCUT2D eigenvalue weighted by Gasteiger charge is 2.31. The lowest BCUT2D eigenvalue weighted by Crippen LogP contribution is -2.15. The molecule has 1 aliphatic carbocycles. The van der Waals surface area contributed by atoms with Crippen LogP contribution in [0.25, 0.3) is 0 Å². The number of hydrogen-bond acceptors (Lipinski definition) is 3. The molecule has 0 N–H and O–H groups in total. The van der Waals surface area contributed by atoms with Crippen LogP contribution in [0.5, 0.6) is 0 Å². The van der Waals surface area contributed by atoms with Crippen LogP contribution in [0.15, 0.2) is 6.33 Å². The molecule has 0 amide bonds. The van der Waals surface area contributed by atoms with Crippen LogP contribution in [0, 0.1) is 0 Å². The molecule has 1 atom stereocenters. The third-order valence-corrected chi connectivity index (χ3v) is 5.41. The van der Waals surface area contributed by atoms with Gasteiger partial charge in [0.1, 0.15) is 0 Å². The Bertz CT molecular complexity index is 504. The van der Waals surface area contributed by atoms with E-state index in [-0.39, 0.29) is 6.04 Å². The summed E-state index contributed by atoms with van der Waals surface area (Å²) in [5.41, 5.74) is 2.48. The van der Waals surface area contributed by atoms with Gasteiger partial charge in [-0.2, -0.15) is 0 Å². The summed E-state index contributed by atoms with van der Waals surface area (Å²) in [4.78, 5) is 4.42. The minimum absolute atomic E-state index is 0.138. The summed E-state index contributed by atoms with van der Waals surface area (Å²) in [6.07, 6.45) is 7.14. The van der Waals surface area contributed by atoms with Crippen molar-refractivity contribution in [3.05, 3.63) is 17.7 Å². The molecule has 1 saturated heterocycles. The Morgan fingerprint density at radius 3 is 2.88 bits per heavy atom. The molecule has 0 spiro atoms. The van der Waals surface area contributed by atoms with Crippen LogP contribution in [-0.4, -0.2) is 29.5 Å². The highest BCUT2D eigenvalue weighted by molar-refractivity contribution is 7.91. The molecular weight excluding hydrogens is 224 g/mol. The lowest BCUT2D eigenvalue weighted by molar-refractivity contribution is 0.519. The maximum atomic E-state index is 11.5. The monoisotopic (exact) mass is 240 g/mol. The minimum atomic E-state index is -2.80. The van der Waals surface area contributed by atoms with Crippen molar-refractivity contribution < 1.29 is 8.42 Å². The maximum Gasteiger partial charge on any atom is 0.152 e. The van der Waals surface area contributed by atoms with E-state index in [1.807, 2.05) is 6.33 Å². The Balaban J connectivity index is 1.93. The molecule has 0 bridgehead atoms. The molecule has 0 saturated carbocycles. The highest BCUT2D eigenvalue weighted by atomic mass is 32.2. The number of aromatic nitrogens is 2. The Labute approximate surface area is 95.6 Å². The zero-order valence-corrected chi connectivity index (χ0v) is 10.0. The van der Waals surface area contributed by atoms with Crippen molar-refractivity contribution in [3.8, 4) is 0 Å². The van der Waals surface area contributed by atoms with E-state index in [1.54, 1.807) is 0 Å². The van der Waals surface area contributed by atoms with E-state index in [4.69, 9.17) is 0 Å². The number of imidazole rings is 1. The first kappa shape index (κ1) is 10.3. The summed E-state index contributed by atoms with van der Waals surface area (Å²) in [5, 5.41) is 0. The van der Waals surface area contributed by atoms with E-state index < -0.39 is 9.84 Å². The van der Waals surface area contributed by atoms with E-state index >= 15 is 0 Å². The van der Waals surface area contributed by atoms with Crippen molar-refractivity contribution in [2.24, 2.45) is 0 Å². The summed E-state index contributed by atoms with van der Waals surface area (Å²) in [6.45, 7) is 0. The lowest BCUT2D eigenvalue weighted by atomic mass is 10.0. The third-order valence-electron chi connectivity index (χ3n) is 3.66. The number of rotatable bonds is 1. The van der Waals surface area contributed by atoms with Gasteiger partial charge in [-0.25, -0.2) is 13.4 Å². The van der Waals surface area contributed by atoms with E-state index in [9.17, 15) is 8.42 Å². The van der Waals surface area contributed by atoms with E-state index in [0.29, 0.717) is 11.5 Å². The molecule has 1 aliphatic heterocycles. The molecule has 5 heteroatoms. The van der Waals surface area contributed by atoms with Crippen LogP contribution in [0.1, 0.15) is 36.7 Å². The lowest BCUT2D eigenvalue weighted by Gasteiger charge is -2.17. The van der Waals surface area contributed by atoms with Gasteiger partial charge in [-0.05, 0) is 32.1 Å². The van der Waals surface area contributed by atoms with Gasteiger partial charge in [-0.15, -0.1) is 0 Å². The normalized spacial score (nSPS) is 27.9. The molecule has 1 fully saturated rings. The summed E-state index contributed by atoms with van der Waals surface area (Å²) >= 11 is 0. The minimum Gasteiger partial charge on any atom is -0.330 e. The highest BCUT2D eigenvalue weighted by Crippen LogP contribution is 2.29. The molecule has 3 rings (SSSR count). The fourth-order valence-corrected chi connectivity index (χ4v) is 4.51. The summed E-state index contributed by atoms with van der Waals surface area (Å²) < 4.78 is 25.1. The van der Waals surface area contributed by atoms with Gasteiger partial charge < -0.3 is 4.57 Å². The smallest absolute Gasteiger partial charge is 0.152 e. The third kappa shape index (κ3) is 1.67. The molecular formula is C11H16N2O2S. The zero-order valence-electron chi connectivity index (χ0n) is 9.22. The average Bonchev–Trinajstić information content (AvgIpc) is 2.81. The second-order valence-corrected chi connectivity index (χ2v) is 7.04. The molecule has 0 aromatic carbocycles. The molecule has 1 aromatic heterocycles. The van der Waals surface area contributed by atoms with Crippen LogP contribution in [0.4, 0.5) is 0 Å². The summed E-state index contributed by atoms with van der Waals surface area (Å²) in [7, 11) is -2.80. The molecule has 2 aliphatic rings. The van der Waals surface area contributed by atoms with E-state index in [2.05, 4.69) is 9.55 Å². The molecule has 1 unspecified atom stereocenters. The molecule has 1 aromatic rings. The number of aryl methyl sites for hydroxylation is 1. The predicted molar refractivity (Wildman–Crippen MR) is 61.2 cm³/mol. The molecule has 2 heterocycles. The maximum absolute atomic E-state index is 11.5. The Kier molecular flexibility index (Phi) is 2.31.